The van der Waals surface area contributed by atoms with Crippen LogP contribution in [0.15, 0.2) is 30.6 Å². The molecule has 3 aromatic rings. The van der Waals surface area contributed by atoms with Crippen molar-refractivity contribution in [2.24, 2.45) is 0 Å². The fourth-order valence-corrected chi connectivity index (χ4v) is 3.80. The van der Waals surface area contributed by atoms with E-state index in [1.54, 1.807) is 29.9 Å². The molecule has 1 atom stereocenters. The minimum atomic E-state index is -4.61. The van der Waals surface area contributed by atoms with E-state index in [9.17, 15) is 18.0 Å². The Balaban J connectivity index is 1.59. The van der Waals surface area contributed by atoms with Crippen molar-refractivity contribution in [2.45, 2.75) is 51.9 Å². The SMILES string of the molecule is CCOc1cc(-n2cc3c(n2)CCCC3NC(=O)c2cc(C(F)(F)F)nn2CC)ccn1. The van der Waals surface area contributed by atoms with E-state index >= 15 is 0 Å². The summed E-state index contributed by atoms with van der Waals surface area (Å²) in [6.07, 6.45) is 1.07. The molecule has 8 nitrogen and oxygen atoms in total. The molecule has 3 heterocycles. The predicted octanol–water partition coefficient (Wildman–Crippen LogP) is 3.71. The fraction of sp³-hybridized carbons (Fsp3) is 0.429. The Labute approximate surface area is 182 Å². The molecule has 1 N–H and O–H groups in total. The Morgan fingerprint density at radius 2 is 2.09 bits per heavy atom. The number of hydrogen-bond acceptors (Lipinski definition) is 5. The van der Waals surface area contributed by atoms with E-state index < -0.39 is 17.8 Å². The average molecular weight is 448 g/mol. The summed E-state index contributed by atoms with van der Waals surface area (Å²) in [4.78, 5) is 17.0. The molecule has 0 aromatic carbocycles. The Morgan fingerprint density at radius 3 is 2.81 bits per heavy atom. The second kappa shape index (κ2) is 8.64. The summed E-state index contributed by atoms with van der Waals surface area (Å²) in [6, 6.07) is 4.00. The van der Waals surface area contributed by atoms with Gasteiger partial charge in [-0.15, -0.1) is 0 Å². The number of rotatable bonds is 6. The van der Waals surface area contributed by atoms with Gasteiger partial charge in [-0.2, -0.15) is 23.4 Å². The molecular weight excluding hydrogens is 425 g/mol. The third-order valence-corrected chi connectivity index (χ3v) is 5.29. The van der Waals surface area contributed by atoms with Crippen molar-refractivity contribution in [3.05, 3.63) is 53.2 Å². The van der Waals surface area contributed by atoms with Crippen molar-refractivity contribution in [1.29, 1.82) is 0 Å². The molecule has 1 aliphatic carbocycles. The van der Waals surface area contributed by atoms with Gasteiger partial charge < -0.3 is 10.1 Å². The Morgan fingerprint density at radius 1 is 1.28 bits per heavy atom. The Kier molecular flexibility index (Phi) is 5.90. The van der Waals surface area contributed by atoms with Gasteiger partial charge in [-0.1, -0.05) is 0 Å². The summed E-state index contributed by atoms with van der Waals surface area (Å²) in [6.45, 7) is 4.15. The number of carbonyl (C=O) groups is 1. The second-order valence-electron chi connectivity index (χ2n) is 7.41. The first-order valence-electron chi connectivity index (χ1n) is 10.4. The van der Waals surface area contributed by atoms with Gasteiger partial charge in [-0.3, -0.25) is 9.48 Å². The van der Waals surface area contributed by atoms with Crippen LogP contribution in [0.1, 0.15) is 60.2 Å². The standard InChI is InChI=1S/C21H23F3N6O2/c1-3-29-17(11-18(28-29)21(22,23)24)20(31)26-15-6-5-7-16-14(15)12-30(27-16)13-8-9-25-19(10-13)32-4-2/h8-12,15H,3-7H2,1-2H3,(H,26,31). The molecule has 3 aromatic heterocycles. The van der Waals surface area contributed by atoms with Gasteiger partial charge in [0.2, 0.25) is 5.88 Å². The molecule has 0 fully saturated rings. The maximum atomic E-state index is 13.0. The molecule has 0 spiro atoms. The van der Waals surface area contributed by atoms with Crippen LogP contribution in [0.3, 0.4) is 0 Å². The van der Waals surface area contributed by atoms with Gasteiger partial charge in [0.05, 0.1) is 24.0 Å². The van der Waals surface area contributed by atoms with Gasteiger partial charge in [0.1, 0.15) is 5.69 Å². The van der Waals surface area contributed by atoms with Crippen LogP contribution in [0.4, 0.5) is 13.2 Å². The highest BCUT2D eigenvalue weighted by Crippen LogP contribution is 2.32. The summed E-state index contributed by atoms with van der Waals surface area (Å²) < 4.78 is 47.4. The lowest BCUT2D eigenvalue weighted by Gasteiger charge is -2.22. The van der Waals surface area contributed by atoms with Crippen molar-refractivity contribution in [3.63, 3.8) is 0 Å². The molecule has 0 radical (unpaired) electrons. The molecule has 11 heteroatoms. The molecule has 0 saturated carbocycles. The second-order valence-corrected chi connectivity index (χ2v) is 7.41. The maximum Gasteiger partial charge on any atom is 0.435 e. The fourth-order valence-electron chi connectivity index (χ4n) is 3.80. The van der Waals surface area contributed by atoms with Crippen molar-refractivity contribution >= 4 is 5.91 Å². The predicted molar refractivity (Wildman–Crippen MR) is 109 cm³/mol. The quantitative estimate of drug-likeness (QED) is 0.621. The number of aromatic nitrogens is 5. The number of nitrogens with zero attached hydrogens (tertiary/aromatic N) is 5. The first-order chi connectivity index (χ1) is 15.3. The number of halogens is 3. The van der Waals surface area contributed by atoms with E-state index in [-0.39, 0.29) is 18.3 Å². The third kappa shape index (κ3) is 4.32. The van der Waals surface area contributed by atoms with Crippen molar-refractivity contribution in [2.75, 3.05) is 6.61 Å². The Bertz CT molecular complexity index is 1120. The Hall–Kier alpha value is -3.37. The largest absolute Gasteiger partial charge is 0.478 e. The summed E-state index contributed by atoms with van der Waals surface area (Å²) in [7, 11) is 0. The lowest BCUT2D eigenvalue weighted by molar-refractivity contribution is -0.141. The minimum absolute atomic E-state index is 0.116. The molecule has 0 saturated heterocycles. The zero-order valence-electron chi connectivity index (χ0n) is 17.7. The number of ether oxygens (including phenoxy) is 1. The summed E-state index contributed by atoms with van der Waals surface area (Å²) in [5, 5.41) is 11.0. The van der Waals surface area contributed by atoms with Crippen LogP contribution in [-0.4, -0.2) is 37.1 Å². The maximum absolute atomic E-state index is 13.0. The molecule has 1 unspecified atom stereocenters. The van der Waals surface area contributed by atoms with Gasteiger partial charge in [-0.25, -0.2) is 9.67 Å². The van der Waals surface area contributed by atoms with Crippen molar-refractivity contribution in [3.8, 4) is 11.6 Å². The molecular formula is C21H23F3N6O2. The van der Waals surface area contributed by atoms with Gasteiger partial charge >= 0.3 is 6.18 Å². The van der Waals surface area contributed by atoms with Crippen LogP contribution in [-0.2, 0) is 19.1 Å². The van der Waals surface area contributed by atoms with Crippen molar-refractivity contribution in [1.82, 2.24) is 29.9 Å². The highest BCUT2D eigenvalue weighted by atomic mass is 19.4. The number of aryl methyl sites for hydroxylation is 2. The molecule has 32 heavy (non-hydrogen) atoms. The zero-order valence-corrected chi connectivity index (χ0v) is 17.7. The lowest BCUT2D eigenvalue weighted by Crippen LogP contribution is -2.32. The molecule has 4 rings (SSSR count). The van der Waals surface area contributed by atoms with E-state index in [0.717, 1.165) is 40.5 Å². The van der Waals surface area contributed by atoms with Crippen LogP contribution < -0.4 is 10.1 Å². The zero-order chi connectivity index (χ0) is 22.9. The van der Waals surface area contributed by atoms with Gasteiger partial charge in [0.25, 0.3) is 5.91 Å². The third-order valence-electron chi connectivity index (χ3n) is 5.29. The number of amides is 1. The molecule has 0 aliphatic heterocycles. The van der Waals surface area contributed by atoms with Crippen LogP contribution in [0, 0.1) is 0 Å². The van der Waals surface area contributed by atoms with E-state index in [2.05, 4.69) is 20.5 Å². The van der Waals surface area contributed by atoms with E-state index in [1.165, 1.54) is 0 Å². The summed E-state index contributed by atoms with van der Waals surface area (Å²) >= 11 is 0. The monoisotopic (exact) mass is 448 g/mol. The topological polar surface area (TPSA) is 86.9 Å². The van der Waals surface area contributed by atoms with E-state index in [1.807, 2.05) is 13.1 Å². The normalized spacial score (nSPS) is 16.0. The highest BCUT2D eigenvalue weighted by molar-refractivity contribution is 5.93. The molecule has 1 aliphatic rings. The van der Waals surface area contributed by atoms with Gasteiger partial charge in [0, 0.05) is 36.6 Å². The first kappa shape index (κ1) is 21.8. The smallest absolute Gasteiger partial charge is 0.435 e. The first-order valence-corrected chi connectivity index (χ1v) is 10.4. The van der Waals surface area contributed by atoms with Gasteiger partial charge in [-0.05, 0) is 39.2 Å². The van der Waals surface area contributed by atoms with Gasteiger partial charge in [0.15, 0.2) is 5.69 Å². The van der Waals surface area contributed by atoms with Crippen molar-refractivity contribution < 1.29 is 22.7 Å². The number of pyridine rings is 1. The van der Waals surface area contributed by atoms with Crippen LogP contribution in [0.25, 0.3) is 5.69 Å². The van der Waals surface area contributed by atoms with E-state index in [4.69, 9.17) is 4.74 Å². The summed E-state index contributed by atoms with van der Waals surface area (Å²) in [5.41, 5.74) is 1.26. The number of alkyl halides is 3. The number of fused-ring (bicyclic) bond motifs is 1. The summed E-state index contributed by atoms with van der Waals surface area (Å²) in [5.74, 6) is -0.111. The lowest BCUT2D eigenvalue weighted by atomic mass is 9.93. The van der Waals surface area contributed by atoms with Crippen LogP contribution in [0.2, 0.25) is 0 Å². The molecule has 0 bridgehead atoms. The number of carbonyl (C=O) groups excluding carboxylic acids is 1. The number of nitrogens with one attached hydrogen (secondary N) is 1. The molecule has 1 amide bonds. The minimum Gasteiger partial charge on any atom is -0.478 e. The highest BCUT2D eigenvalue weighted by Gasteiger charge is 2.36. The number of hydrogen-bond donors (Lipinski definition) is 1. The van der Waals surface area contributed by atoms with Crippen LogP contribution >= 0.6 is 0 Å². The van der Waals surface area contributed by atoms with Crippen LogP contribution in [0.5, 0.6) is 5.88 Å². The van der Waals surface area contributed by atoms with E-state index in [0.29, 0.717) is 18.9 Å². The average Bonchev–Trinajstić information content (AvgIpc) is 3.39. The molecule has 170 valence electrons.